The maximum atomic E-state index is 12.3. The van der Waals surface area contributed by atoms with E-state index in [-0.39, 0.29) is 24.0 Å². The van der Waals surface area contributed by atoms with Crippen LogP contribution in [-0.4, -0.2) is 64.4 Å². The summed E-state index contributed by atoms with van der Waals surface area (Å²) in [5.41, 5.74) is 5.67. The monoisotopic (exact) mass is 669 g/mol. The molecule has 6 heterocycles. The van der Waals surface area contributed by atoms with Gasteiger partial charge in [0.1, 0.15) is 5.15 Å². The molecule has 48 heavy (non-hydrogen) atoms. The van der Waals surface area contributed by atoms with Crippen LogP contribution in [0.5, 0.6) is 0 Å². The van der Waals surface area contributed by atoms with Crippen molar-refractivity contribution in [2.24, 2.45) is 0 Å². The lowest BCUT2D eigenvalue weighted by molar-refractivity contribution is 0.0159. The number of fused-ring (bicyclic) bond motifs is 4. The molecular formula is C36H40ClN7O4. The van der Waals surface area contributed by atoms with E-state index in [9.17, 15) is 9.59 Å². The number of unbranched alkanes of at least 4 members (excludes halogenated alkanes) is 1. The van der Waals surface area contributed by atoms with Crippen molar-refractivity contribution >= 4 is 34.8 Å². The zero-order valence-corrected chi connectivity index (χ0v) is 27.5. The number of rotatable bonds is 9. The van der Waals surface area contributed by atoms with Crippen LogP contribution in [0.15, 0.2) is 72.9 Å². The van der Waals surface area contributed by atoms with Crippen molar-refractivity contribution < 1.29 is 19.1 Å². The molecule has 2 aromatic heterocycles. The number of H-pyrrole nitrogens is 1. The Morgan fingerprint density at radius 3 is 1.98 bits per heavy atom. The molecule has 4 saturated heterocycles. The standard InChI is InChI=1S/C19H24N4O2.C17H16ClN3O2/c1-2-3-4-14-9-17(23-22-14)19(24)21-13-7-5-12(6-8-13)18-16-10-15(25-18)11-20-16;18-15-6-5-12(8-20-15)21-17(22)11-3-1-10(2-4-11)16-14-7-13(23-16)9-19-14/h5-9,15-16,18,20H,2-4,10-11H2,1H3,(H,21,24)(H,22,23);1-6,8,13-14,16,19H,7,9H2,(H,21,22)/t15-,16-,18+;13-,14-,16+/m11/s1. The number of aromatic amines is 1. The molecule has 12 heteroatoms. The van der Waals surface area contributed by atoms with E-state index in [1.807, 2.05) is 54.6 Å². The van der Waals surface area contributed by atoms with Gasteiger partial charge in [-0.15, -0.1) is 0 Å². The van der Waals surface area contributed by atoms with Crippen molar-refractivity contribution in [2.75, 3.05) is 23.7 Å². The molecule has 2 aromatic carbocycles. The Morgan fingerprint density at radius 1 is 0.833 bits per heavy atom. The van der Waals surface area contributed by atoms with Crippen molar-refractivity contribution in [2.45, 2.75) is 75.5 Å². The molecule has 4 bridgehead atoms. The van der Waals surface area contributed by atoms with E-state index >= 15 is 0 Å². The second-order valence-corrected chi connectivity index (χ2v) is 13.1. The second-order valence-electron chi connectivity index (χ2n) is 12.8. The second kappa shape index (κ2) is 14.6. The van der Waals surface area contributed by atoms with E-state index in [1.54, 1.807) is 12.1 Å². The van der Waals surface area contributed by atoms with E-state index in [4.69, 9.17) is 21.1 Å². The van der Waals surface area contributed by atoms with Gasteiger partial charge in [-0.1, -0.05) is 49.2 Å². The molecule has 0 radical (unpaired) electrons. The third-order valence-electron chi connectivity index (χ3n) is 9.31. The maximum absolute atomic E-state index is 12.3. The van der Waals surface area contributed by atoms with E-state index in [0.29, 0.717) is 46.4 Å². The lowest BCUT2D eigenvalue weighted by Crippen LogP contribution is -2.34. The summed E-state index contributed by atoms with van der Waals surface area (Å²) in [4.78, 5) is 28.5. The smallest absolute Gasteiger partial charge is 0.276 e. The molecule has 4 fully saturated rings. The Morgan fingerprint density at radius 2 is 1.44 bits per heavy atom. The summed E-state index contributed by atoms with van der Waals surface area (Å²) < 4.78 is 12.0. The number of aromatic nitrogens is 3. The number of aryl methyl sites for hydroxylation is 1. The summed E-state index contributed by atoms with van der Waals surface area (Å²) in [6, 6.07) is 21.5. The van der Waals surface area contributed by atoms with Gasteiger partial charge in [-0.3, -0.25) is 14.7 Å². The highest BCUT2D eigenvalue weighted by atomic mass is 35.5. The van der Waals surface area contributed by atoms with Gasteiger partial charge in [0.25, 0.3) is 11.8 Å². The number of amides is 2. The molecule has 0 saturated carbocycles. The normalized spacial score (nSPS) is 25.0. The number of hydrogen-bond acceptors (Lipinski definition) is 8. The van der Waals surface area contributed by atoms with E-state index < -0.39 is 0 Å². The fraction of sp³-hybridized carbons (Fsp3) is 0.389. The number of halogens is 1. The highest BCUT2D eigenvalue weighted by Gasteiger charge is 2.42. The minimum absolute atomic E-state index is 0.0892. The van der Waals surface area contributed by atoms with Crippen LogP contribution in [-0.2, 0) is 15.9 Å². The zero-order valence-electron chi connectivity index (χ0n) is 26.7. The summed E-state index contributed by atoms with van der Waals surface area (Å²) in [6.45, 7) is 4.04. The molecule has 8 rings (SSSR count). The first-order valence-corrected chi connectivity index (χ1v) is 17.1. The zero-order chi connectivity index (χ0) is 33.0. The van der Waals surface area contributed by atoms with Crippen molar-refractivity contribution in [3.63, 3.8) is 0 Å². The van der Waals surface area contributed by atoms with Crippen LogP contribution in [0.2, 0.25) is 5.15 Å². The Bertz CT molecular complexity index is 1710. The van der Waals surface area contributed by atoms with Crippen LogP contribution in [0.3, 0.4) is 0 Å². The Kier molecular flexibility index (Phi) is 9.83. The summed E-state index contributed by atoms with van der Waals surface area (Å²) in [6.07, 6.45) is 7.69. The summed E-state index contributed by atoms with van der Waals surface area (Å²) in [5, 5.41) is 20.1. The minimum atomic E-state index is -0.190. The number of ether oxygens (including phenoxy) is 2. The summed E-state index contributed by atoms with van der Waals surface area (Å²) in [5.74, 6) is -0.364. The molecule has 2 amide bonds. The first kappa shape index (κ1) is 32.4. The van der Waals surface area contributed by atoms with E-state index in [1.165, 1.54) is 6.20 Å². The van der Waals surface area contributed by atoms with Gasteiger partial charge in [-0.05, 0) is 79.3 Å². The molecule has 250 valence electrons. The number of pyridine rings is 1. The summed E-state index contributed by atoms with van der Waals surface area (Å²) in [7, 11) is 0. The van der Waals surface area contributed by atoms with E-state index in [0.717, 1.165) is 67.7 Å². The van der Waals surface area contributed by atoms with Crippen LogP contribution in [0.25, 0.3) is 0 Å². The van der Waals surface area contributed by atoms with Crippen molar-refractivity contribution in [1.82, 2.24) is 25.8 Å². The fourth-order valence-electron chi connectivity index (χ4n) is 6.76. The maximum Gasteiger partial charge on any atom is 0.276 e. The predicted octanol–water partition coefficient (Wildman–Crippen LogP) is 5.60. The van der Waals surface area contributed by atoms with Gasteiger partial charge >= 0.3 is 0 Å². The van der Waals surface area contributed by atoms with Gasteiger partial charge in [0.05, 0.1) is 36.3 Å². The quantitative estimate of drug-likeness (QED) is 0.145. The first-order chi connectivity index (χ1) is 23.4. The number of carbonyl (C=O) groups excluding carboxylic acids is 2. The van der Waals surface area contributed by atoms with Gasteiger partial charge < -0.3 is 30.7 Å². The number of anilines is 2. The molecule has 4 aliphatic rings. The summed E-state index contributed by atoms with van der Waals surface area (Å²) >= 11 is 5.73. The van der Waals surface area contributed by atoms with Crippen molar-refractivity contribution in [1.29, 1.82) is 0 Å². The number of hydrogen-bond donors (Lipinski definition) is 5. The van der Waals surface area contributed by atoms with Gasteiger partial charge in [0.15, 0.2) is 5.69 Å². The molecule has 0 aliphatic carbocycles. The molecule has 0 spiro atoms. The number of morpholine rings is 2. The van der Waals surface area contributed by atoms with Gasteiger partial charge in [0, 0.05) is 42.1 Å². The lowest BCUT2D eigenvalue weighted by atomic mass is 10.0. The number of carbonyl (C=O) groups is 2. The van der Waals surface area contributed by atoms with E-state index in [2.05, 4.69) is 43.4 Å². The third-order valence-corrected chi connectivity index (χ3v) is 9.53. The SMILES string of the molecule is CCCCc1cc(C(=O)Nc2ccc([C@@H]3O[C@H]4CN[C@@H]3C4)cc2)n[nH]1.O=C(Nc1ccc(Cl)nc1)c1ccc([C@@H]2O[C@H]3CN[C@@H]2C3)cc1. The van der Waals surface area contributed by atoms with Crippen LogP contribution >= 0.6 is 11.6 Å². The molecule has 4 aromatic rings. The van der Waals surface area contributed by atoms with Crippen molar-refractivity contribution in [3.8, 4) is 0 Å². The minimum Gasteiger partial charge on any atom is -0.367 e. The highest BCUT2D eigenvalue weighted by Crippen LogP contribution is 2.38. The number of nitrogens with one attached hydrogen (secondary N) is 5. The number of benzene rings is 2. The molecule has 11 nitrogen and oxygen atoms in total. The van der Waals surface area contributed by atoms with Gasteiger partial charge in [0.2, 0.25) is 0 Å². The molecule has 0 unspecified atom stereocenters. The fourth-order valence-corrected chi connectivity index (χ4v) is 6.87. The first-order valence-electron chi connectivity index (χ1n) is 16.7. The Labute approximate surface area is 284 Å². The molecule has 4 aliphatic heterocycles. The predicted molar refractivity (Wildman–Crippen MR) is 183 cm³/mol. The van der Waals surface area contributed by atoms with Crippen LogP contribution in [0.1, 0.15) is 82.5 Å². The lowest BCUT2D eigenvalue weighted by Gasteiger charge is -2.23. The molecule has 5 N–H and O–H groups in total. The Balaban J connectivity index is 0.000000152. The number of nitrogens with zero attached hydrogens (tertiary/aromatic N) is 2. The van der Waals surface area contributed by atoms with Crippen molar-refractivity contribution in [3.05, 3.63) is 106 Å². The van der Waals surface area contributed by atoms with Gasteiger partial charge in [-0.2, -0.15) is 5.10 Å². The Hall–Kier alpha value is -4.13. The largest absolute Gasteiger partial charge is 0.367 e. The van der Waals surface area contributed by atoms with Crippen LogP contribution in [0, 0.1) is 0 Å². The molecule has 6 atom stereocenters. The van der Waals surface area contributed by atoms with Crippen LogP contribution < -0.4 is 21.3 Å². The van der Waals surface area contributed by atoms with Crippen LogP contribution in [0.4, 0.5) is 11.4 Å². The third kappa shape index (κ3) is 7.45. The van der Waals surface area contributed by atoms with Gasteiger partial charge in [-0.25, -0.2) is 4.98 Å². The highest BCUT2D eigenvalue weighted by molar-refractivity contribution is 6.29. The average Bonchev–Trinajstić information content (AvgIpc) is 3.97. The average molecular weight is 670 g/mol. The molecular weight excluding hydrogens is 630 g/mol. The topological polar surface area (TPSA) is 142 Å².